The summed E-state index contributed by atoms with van der Waals surface area (Å²) in [6.45, 7) is 16.3. The highest BCUT2D eigenvalue weighted by Crippen LogP contribution is 2.52. The zero-order valence-corrected chi connectivity index (χ0v) is 20.0. The van der Waals surface area contributed by atoms with Crippen LogP contribution in [-0.2, 0) is 11.2 Å². The zero-order valence-electron chi connectivity index (χ0n) is 17.4. The molecule has 0 aromatic heterocycles. The smallest absolute Gasteiger partial charge is 0.258 e. The van der Waals surface area contributed by atoms with E-state index in [1.54, 1.807) is 0 Å². The van der Waals surface area contributed by atoms with Crippen LogP contribution in [0.3, 0.4) is 0 Å². The molecule has 2 aliphatic rings. The third-order valence-corrected chi connectivity index (χ3v) is 14.1. The van der Waals surface area contributed by atoms with Crippen LogP contribution in [0.4, 0.5) is 0 Å². The third-order valence-electron chi connectivity index (χ3n) is 6.97. The first-order valence-corrected chi connectivity index (χ1v) is 13.5. The molecule has 0 saturated carbocycles. The van der Waals surface area contributed by atoms with Crippen molar-refractivity contribution in [1.82, 2.24) is 0 Å². The van der Waals surface area contributed by atoms with Gasteiger partial charge in [-0.15, -0.1) is 0 Å². The maximum atomic E-state index is 6.91. The van der Waals surface area contributed by atoms with Crippen LogP contribution < -0.4 is 4.43 Å². The summed E-state index contributed by atoms with van der Waals surface area (Å²) < 4.78 is 13.4. The van der Waals surface area contributed by atoms with Gasteiger partial charge >= 0.3 is 0 Å². The highest BCUT2D eigenvalue weighted by Gasteiger charge is 2.49. The average Bonchev–Trinajstić information content (AvgIpc) is 2.84. The topological polar surface area (TPSA) is 18.5 Å². The van der Waals surface area contributed by atoms with Crippen molar-refractivity contribution in [3.63, 3.8) is 0 Å². The molecule has 3 atom stereocenters. The van der Waals surface area contributed by atoms with Crippen LogP contribution >= 0.6 is 15.9 Å². The Morgan fingerprint density at radius 1 is 1.15 bits per heavy atom. The summed E-state index contributed by atoms with van der Waals surface area (Å²) >= 11 is 3.67. The first-order valence-electron chi connectivity index (χ1n) is 10.2. The van der Waals surface area contributed by atoms with Crippen molar-refractivity contribution >= 4 is 24.2 Å². The molecule has 4 heteroatoms. The Bertz CT molecular complexity index is 636. The molecule has 3 rings (SSSR count). The van der Waals surface area contributed by atoms with Gasteiger partial charge in [-0.2, -0.15) is 0 Å². The van der Waals surface area contributed by atoms with Crippen molar-refractivity contribution in [2.45, 2.75) is 89.6 Å². The lowest BCUT2D eigenvalue weighted by Crippen LogP contribution is -2.50. The number of hydrogen-bond acceptors (Lipinski definition) is 2. The predicted molar refractivity (Wildman–Crippen MR) is 116 cm³/mol. The van der Waals surface area contributed by atoms with Gasteiger partial charge in [0.15, 0.2) is 0 Å². The van der Waals surface area contributed by atoms with Crippen LogP contribution in [0, 0.1) is 5.92 Å². The maximum Gasteiger partial charge on any atom is 0.258 e. The molecular weight excluding hydrogens is 404 g/mol. The molecule has 146 valence electrons. The van der Waals surface area contributed by atoms with Gasteiger partial charge in [0.25, 0.3) is 8.32 Å². The molecule has 1 aliphatic carbocycles. The van der Waals surface area contributed by atoms with Crippen LogP contribution in [0.1, 0.15) is 72.1 Å². The molecule has 1 aliphatic heterocycles. The van der Waals surface area contributed by atoms with Crippen LogP contribution in [0.15, 0.2) is 18.2 Å². The predicted octanol–water partition coefficient (Wildman–Crippen LogP) is 7.03. The van der Waals surface area contributed by atoms with Gasteiger partial charge in [0, 0.05) is 5.33 Å². The van der Waals surface area contributed by atoms with Crippen molar-refractivity contribution in [3.05, 3.63) is 29.3 Å². The van der Waals surface area contributed by atoms with Gasteiger partial charge in [-0.05, 0) is 65.6 Å². The number of ether oxygens (including phenoxy) is 1. The number of rotatable bonds is 6. The molecule has 2 bridgehead atoms. The molecule has 0 spiro atoms. The molecule has 1 aromatic rings. The Balaban J connectivity index is 1.93. The molecule has 1 heterocycles. The van der Waals surface area contributed by atoms with E-state index >= 15 is 0 Å². The standard InChI is InChI=1S/C22H35BrO2Si/c1-14(2)26(15(3)4,16(5)6)25-19-9-8-17-10-18-11-21(20(17)12-19)24-22(18,7)13-23/h8-9,12,14-16,18,21H,10-11,13H2,1-7H3/t18-,21+,22+/m1/s1. The number of hydrogen-bond donors (Lipinski definition) is 0. The summed E-state index contributed by atoms with van der Waals surface area (Å²) in [6, 6.07) is 6.81. The molecule has 1 aromatic carbocycles. The number of alkyl halides is 1. The Morgan fingerprint density at radius 3 is 2.31 bits per heavy atom. The van der Waals surface area contributed by atoms with E-state index in [9.17, 15) is 0 Å². The zero-order chi connectivity index (χ0) is 19.3. The Labute approximate surface area is 169 Å². The second-order valence-corrected chi connectivity index (χ2v) is 15.4. The highest BCUT2D eigenvalue weighted by molar-refractivity contribution is 9.09. The second kappa shape index (κ2) is 7.25. The lowest BCUT2D eigenvalue weighted by molar-refractivity contribution is -0.0232. The Hall–Kier alpha value is -0.323. The van der Waals surface area contributed by atoms with E-state index in [1.165, 1.54) is 11.1 Å². The molecule has 0 unspecified atom stereocenters. The summed E-state index contributed by atoms with van der Waals surface area (Å²) in [4.78, 5) is 0. The molecule has 0 amide bonds. The fraction of sp³-hybridized carbons (Fsp3) is 0.727. The Kier molecular flexibility index (Phi) is 5.69. The van der Waals surface area contributed by atoms with Gasteiger partial charge in [0.05, 0.1) is 11.7 Å². The lowest BCUT2D eigenvalue weighted by atomic mass is 9.78. The fourth-order valence-electron chi connectivity index (χ4n) is 5.55. The number of halogens is 1. The quantitative estimate of drug-likeness (QED) is 0.350. The van der Waals surface area contributed by atoms with E-state index in [-0.39, 0.29) is 11.7 Å². The maximum absolute atomic E-state index is 6.91. The van der Waals surface area contributed by atoms with E-state index in [0.29, 0.717) is 22.5 Å². The minimum absolute atomic E-state index is 0.0446. The third kappa shape index (κ3) is 3.20. The minimum Gasteiger partial charge on any atom is -0.543 e. The molecular formula is C22H35BrO2Si. The normalized spacial score (nSPS) is 28.1. The second-order valence-electron chi connectivity index (χ2n) is 9.47. The molecule has 1 fully saturated rings. The van der Waals surface area contributed by atoms with E-state index < -0.39 is 8.32 Å². The number of benzene rings is 1. The summed E-state index contributed by atoms with van der Waals surface area (Å²) in [5, 5.41) is 0.905. The van der Waals surface area contributed by atoms with Gasteiger partial charge < -0.3 is 9.16 Å². The molecule has 2 nitrogen and oxygen atoms in total. The minimum atomic E-state index is -1.92. The van der Waals surface area contributed by atoms with Crippen molar-refractivity contribution < 1.29 is 9.16 Å². The van der Waals surface area contributed by atoms with E-state index in [2.05, 4.69) is 82.6 Å². The van der Waals surface area contributed by atoms with Gasteiger partial charge in [-0.3, -0.25) is 0 Å². The van der Waals surface area contributed by atoms with Crippen molar-refractivity contribution in [2.24, 2.45) is 5.92 Å². The average molecular weight is 440 g/mol. The summed E-state index contributed by atoms with van der Waals surface area (Å²) in [7, 11) is -1.92. The van der Waals surface area contributed by atoms with Crippen LogP contribution in [0.2, 0.25) is 16.6 Å². The monoisotopic (exact) mass is 438 g/mol. The molecule has 1 saturated heterocycles. The van der Waals surface area contributed by atoms with Gasteiger partial charge in [0.2, 0.25) is 0 Å². The van der Waals surface area contributed by atoms with Crippen molar-refractivity contribution in [3.8, 4) is 5.75 Å². The Morgan fingerprint density at radius 2 is 1.77 bits per heavy atom. The first kappa shape index (κ1) is 20.4. The SMILES string of the molecule is CC(C)[Si](Oc1ccc2c(c1)[C@@H]1C[C@@H](C2)[C@](C)(CBr)O1)(C(C)C)C(C)C. The summed E-state index contributed by atoms with van der Waals surface area (Å²) in [5.74, 6) is 1.67. The van der Waals surface area contributed by atoms with Crippen LogP contribution in [0.25, 0.3) is 0 Å². The van der Waals surface area contributed by atoms with Gasteiger partial charge in [-0.25, -0.2) is 0 Å². The largest absolute Gasteiger partial charge is 0.543 e. The van der Waals surface area contributed by atoms with E-state index in [0.717, 1.165) is 23.9 Å². The first-order chi connectivity index (χ1) is 12.1. The molecule has 26 heavy (non-hydrogen) atoms. The van der Waals surface area contributed by atoms with E-state index in [4.69, 9.17) is 9.16 Å². The lowest BCUT2D eigenvalue weighted by Gasteiger charge is -2.42. The van der Waals surface area contributed by atoms with Gasteiger partial charge in [-0.1, -0.05) is 63.5 Å². The van der Waals surface area contributed by atoms with Gasteiger partial charge in [0.1, 0.15) is 5.75 Å². The van der Waals surface area contributed by atoms with Crippen LogP contribution in [0.5, 0.6) is 5.75 Å². The fourth-order valence-corrected chi connectivity index (χ4v) is 11.4. The summed E-state index contributed by atoms with van der Waals surface area (Å²) in [6.07, 6.45) is 2.48. The molecule has 0 N–H and O–H groups in total. The summed E-state index contributed by atoms with van der Waals surface area (Å²) in [5.41, 5.74) is 4.53. The highest BCUT2D eigenvalue weighted by atomic mass is 79.9. The molecule has 0 radical (unpaired) electrons. The van der Waals surface area contributed by atoms with Crippen molar-refractivity contribution in [1.29, 1.82) is 0 Å². The van der Waals surface area contributed by atoms with Crippen molar-refractivity contribution in [2.75, 3.05) is 5.33 Å². The number of fused-ring (bicyclic) bond motifs is 4. The van der Waals surface area contributed by atoms with E-state index in [1.807, 2.05) is 0 Å². The van der Waals surface area contributed by atoms with Crippen LogP contribution in [-0.4, -0.2) is 19.2 Å².